The molecule has 5 heteroatoms. The fourth-order valence-corrected chi connectivity index (χ4v) is 2.59. The average Bonchev–Trinajstić information content (AvgIpc) is 2.70. The minimum absolute atomic E-state index is 0.236. The van der Waals surface area contributed by atoms with E-state index in [2.05, 4.69) is 32.6 Å². The first-order valence-corrected chi connectivity index (χ1v) is 8.69. The van der Waals surface area contributed by atoms with E-state index in [1.54, 1.807) is 0 Å². The number of anilines is 1. The summed E-state index contributed by atoms with van der Waals surface area (Å²) < 4.78 is 0. The van der Waals surface area contributed by atoms with Crippen LogP contribution < -0.4 is 16.1 Å². The molecule has 0 bridgehead atoms. The number of nitrogens with one attached hydrogen (secondary N) is 1. The molecule has 0 amide bonds. The Hall–Kier alpha value is -3.60. The van der Waals surface area contributed by atoms with E-state index in [0.29, 0.717) is 0 Å². The van der Waals surface area contributed by atoms with E-state index in [9.17, 15) is 0 Å². The van der Waals surface area contributed by atoms with Gasteiger partial charge < -0.3 is 10.6 Å². The van der Waals surface area contributed by atoms with E-state index in [-0.39, 0.29) is 5.96 Å². The Morgan fingerprint density at radius 2 is 1.33 bits per heavy atom. The number of guanidine groups is 1. The summed E-state index contributed by atoms with van der Waals surface area (Å²) in [6.07, 6.45) is 0. The van der Waals surface area contributed by atoms with Gasteiger partial charge in [0.25, 0.3) is 0 Å². The Labute approximate surface area is 159 Å². The molecular weight excluding hydrogens is 334 g/mol. The molecule has 27 heavy (non-hydrogen) atoms. The first kappa shape index (κ1) is 18.2. The number of aliphatic imine (C=N–C) groups is 1. The molecule has 136 valence electrons. The highest BCUT2D eigenvalue weighted by Crippen LogP contribution is 2.16. The second-order valence-corrected chi connectivity index (χ2v) is 6.21. The molecule has 3 aromatic carbocycles. The predicted octanol–water partition coefficient (Wildman–Crippen LogP) is 3.74. The van der Waals surface area contributed by atoms with Gasteiger partial charge in [0.15, 0.2) is 0 Å². The van der Waals surface area contributed by atoms with Crippen LogP contribution >= 0.6 is 0 Å². The minimum Gasteiger partial charge on any atom is -0.378 e. The third kappa shape index (κ3) is 4.95. The second-order valence-electron chi connectivity index (χ2n) is 6.21. The normalized spacial score (nSPS) is 11.9. The summed E-state index contributed by atoms with van der Waals surface area (Å²) in [5, 5.41) is 4.53. The van der Waals surface area contributed by atoms with E-state index in [4.69, 9.17) is 5.73 Å². The summed E-state index contributed by atoms with van der Waals surface area (Å²) in [7, 11) is 4.03. The topological polar surface area (TPSA) is 66.0 Å². The predicted molar refractivity (Wildman–Crippen MR) is 114 cm³/mol. The highest BCUT2D eigenvalue weighted by molar-refractivity contribution is 6.13. The van der Waals surface area contributed by atoms with E-state index in [0.717, 1.165) is 28.2 Å². The maximum Gasteiger partial charge on any atom is 0.214 e. The van der Waals surface area contributed by atoms with Gasteiger partial charge in [-0.2, -0.15) is 5.10 Å². The third-order valence-corrected chi connectivity index (χ3v) is 3.99. The van der Waals surface area contributed by atoms with Gasteiger partial charge in [0, 0.05) is 30.9 Å². The SMILES string of the molecule is CN(C)c1ccc(/C(=N/NC(N)=Nc2ccccc2)c2ccccc2)cc1. The molecule has 0 spiro atoms. The molecule has 0 saturated heterocycles. The lowest BCUT2D eigenvalue weighted by atomic mass is 10.0. The summed E-state index contributed by atoms with van der Waals surface area (Å²) in [4.78, 5) is 6.39. The molecule has 0 radical (unpaired) electrons. The molecule has 0 heterocycles. The molecule has 0 unspecified atom stereocenters. The number of nitrogens with two attached hydrogens (primary N) is 1. The number of benzene rings is 3. The van der Waals surface area contributed by atoms with Crippen LogP contribution in [0.4, 0.5) is 11.4 Å². The number of hydrogen-bond donors (Lipinski definition) is 2. The van der Waals surface area contributed by atoms with Crippen LogP contribution in [0, 0.1) is 0 Å². The van der Waals surface area contributed by atoms with Crippen molar-refractivity contribution in [3.05, 3.63) is 96.1 Å². The van der Waals surface area contributed by atoms with Crippen LogP contribution in [-0.4, -0.2) is 25.8 Å². The summed E-state index contributed by atoms with van der Waals surface area (Å²) in [6.45, 7) is 0. The number of rotatable bonds is 5. The lowest BCUT2D eigenvalue weighted by molar-refractivity contribution is 1.01. The van der Waals surface area contributed by atoms with Crippen LogP contribution in [-0.2, 0) is 0 Å². The number of hydrogen-bond acceptors (Lipinski definition) is 3. The zero-order valence-electron chi connectivity index (χ0n) is 15.5. The maximum absolute atomic E-state index is 6.00. The zero-order chi connectivity index (χ0) is 19.1. The van der Waals surface area contributed by atoms with Crippen LogP contribution in [0.2, 0.25) is 0 Å². The van der Waals surface area contributed by atoms with Gasteiger partial charge >= 0.3 is 0 Å². The summed E-state index contributed by atoms with van der Waals surface area (Å²) in [5.74, 6) is 0.236. The molecule has 5 nitrogen and oxygen atoms in total. The number of hydrazone groups is 1. The van der Waals surface area contributed by atoms with Gasteiger partial charge in [-0.15, -0.1) is 0 Å². The molecule has 0 aliphatic carbocycles. The van der Waals surface area contributed by atoms with Crippen LogP contribution in [0.15, 0.2) is 95.0 Å². The van der Waals surface area contributed by atoms with Crippen LogP contribution in [0.1, 0.15) is 11.1 Å². The molecule has 0 atom stereocenters. The van der Waals surface area contributed by atoms with Crippen molar-refractivity contribution in [3.8, 4) is 0 Å². The van der Waals surface area contributed by atoms with E-state index < -0.39 is 0 Å². The Morgan fingerprint density at radius 3 is 1.93 bits per heavy atom. The highest BCUT2D eigenvalue weighted by Gasteiger charge is 2.08. The van der Waals surface area contributed by atoms with Gasteiger partial charge in [-0.3, -0.25) is 0 Å². The molecule has 3 aromatic rings. The fraction of sp³-hybridized carbons (Fsp3) is 0.0909. The Bertz CT molecular complexity index is 914. The third-order valence-electron chi connectivity index (χ3n) is 3.99. The minimum atomic E-state index is 0.236. The van der Waals surface area contributed by atoms with Crippen LogP contribution in [0.3, 0.4) is 0 Å². The van der Waals surface area contributed by atoms with Crippen LogP contribution in [0.25, 0.3) is 0 Å². The zero-order valence-corrected chi connectivity index (χ0v) is 15.5. The molecule has 3 N–H and O–H groups in total. The van der Waals surface area contributed by atoms with Crippen molar-refractivity contribution in [2.75, 3.05) is 19.0 Å². The van der Waals surface area contributed by atoms with Crippen molar-refractivity contribution in [1.29, 1.82) is 0 Å². The van der Waals surface area contributed by atoms with Gasteiger partial charge in [-0.25, -0.2) is 10.4 Å². The van der Waals surface area contributed by atoms with Crippen molar-refractivity contribution in [2.45, 2.75) is 0 Å². The molecule has 3 rings (SSSR count). The molecule has 0 saturated carbocycles. The van der Waals surface area contributed by atoms with Crippen LogP contribution in [0.5, 0.6) is 0 Å². The Balaban J connectivity index is 1.90. The Kier molecular flexibility index (Phi) is 5.84. The van der Waals surface area contributed by atoms with Crippen molar-refractivity contribution in [1.82, 2.24) is 5.43 Å². The average molecular weight is 357 g/mol. The number of para-hydroxylation sites is 1. The smallest absolute Gasteiger partial charge is 0.214 e. The van der Waals surface area contributed by atoms with Crippen molar-refractivity contribution >= 4 is 23.0 Å². The number of nitrogens with zero attached hydrogens (tertiary/aromatic N) is 3. The first-order chi connectivity index (χ1) is 13.1. The fourth-order valence-electron chi connectivity index (χ4n) is 2.59. The summed E-state index contributed by atoms with van der Waals surface area (Å²) in [6, 6.07) is 27.8. The van der Waals surface area contributed by atoms with E-state index in [1.165, 1.54) is 0 Å². The monoisotopic (exact) mass is 357 g/mol. The molecule has 0 aliphatic rings. The highest BCUT2D eigenvalue weighted by atomic mass is 15.4. The standard InChI is InChI=1S/C22H23N5/c1-27(2)20-15-13-18(14-16-20)21(17-9-5-3-6-10-17)25-26-22(23)24-19-11-7-4-8-12-19/h3-16H,1-2H3,(H3,23,24,26)/b25-21+. The van der Waals surface area contributed by atoms with Gasteiger partial charge in [0.2, 0.25) is 5.96 Å². The van der Waals surface area contributed by atoms with Crippen molar-refractivity contribution in [2.24, 2.45) is 15.8 Å². The summed E-state index contributed by atoms with van der Waals surface area (Å²) >= 11 is 0. The second kappa shape index (κ2) is 8.67. The molecule has 0 aliphatic heterocycles. The van der Waals surface area contributed by atoms with Gasteiger partial charge in [-0.05, 0) is 24.3 Å². The first-order valence-electron chi connectivity index (χ1n) is 8.69. The lowest BCUT2D eigenvalue weighted by Crippen LogP contribution is -2.28. The van der Waals surface area contributed by atoms with Crippen molar-refractivity contribution in [3.63, 3.8) is 0 Å². The maximum atomic E-state index is 6.00. The van der Waals surface area contributed by atoms with Gasteiger partial charge in [0.1, 0.15) is 0 Å². The van der Waals surface area contributed by atoms with E-state index in [1.807, 2.05) is 86.9 Å². The molecule has 0 aromatic heterocycles. The van der Waals surface area contributed by atoms with E-state index >= 15 is 0 Å². The summed E-state index contributed by atoms with van der Waals surface area (Å²) in [5.41, 5.74) is 13.6. The largest absolute Gasteiger partial charge is 0.378 e. The quantitative estimate of drug-likeness (QED) is 0.415. The van der Waals surface area contributed by atoms with Crippen molar-refractivity contribution < 1.29 is 0 Å². The van der Waals surface area contributed by atoms with Gasteiger partial charge in [0.05, 0.1) is 11.4 Å². The molecular formula is C22H23N5. The Morgan fingerprint density at radius 1 is 0.778 bits per heavy atom. The van der Waals surface area contributed by atoms with Gasteiger partial charge in [-0.1, -0.05) is 60.7 Å². The lowest BCUT2D eigenvalue weighted by Gasteiger charge is -2.14. The molecule has 0 fully saturated rings.